The van der Waals surface area contributed by atoms with Crippen molar-refractivity contribution in [2.45, 2.75) is 33.7 Å². The molecule has 0 unspecified atom stereocenters. The van der Waals surface area contributed by atoms with E-state index in [1.54, 1.807) is 6.20 Å². The lowest BCUT2D eigenvalue weighted by Crippen LogP contribution is -2.24. The van der Waals surface area contributed by atoms with Gasteiger partial charge in [0, 0.05) is 24.6 Å². The molecule has 0 aliphatic heterocycles. The van der Waals surface area contributed by atoms with Gasteiger partial charge in [-0.25, -0.2) is 4.98 Å². The van der Waals surface area contributed by atoms with Crippen LogP contribution in [0.25, 0.3) is 5.69 Å². The zero-order chi connectivity index (χ0) is 17.8. The summed E-state index contributed by atoms with van der Waals surface area (Å²) in [5.41, 5.74) is 5.61. The first-order valence-electron chi connectivity index (χ1n) is 8.45. The van der Waals surface area contributed by atoms with Gasteiger partial charge >= 0.3 is 0 Å². The highest BCUT2D eigenvalue weighted by Crippen LogP contribution is 2.13. The van der Waals surface area contributed by atoms with E-state index in [0.717, 1.165) is 28.2 Å². The number of carbonyl (C=O) groups excluding carboxylic acids is 1. The highest BCUT2D eigenvalue weighted by molar-refractivity contribution is 5.78. The average Bonchev–Trinajstić information content (AvgIpc) is 3.02. The fourth-order valence-corrected chi connectivity index (χ4v) is 2.91. The molecule has 1 aromatic heterocycles. The van der Waals surface area contributed by atoms with E-state index in [1.807, 2.05) is 61.0 Å². The van der Waals surface area contributed by atoms with E-state index in [0.29, 0.717) is 13.0 Å². The number of rotatable bonds is 5. The minimum absolute atomic E-state index is 0.0430. The van der Waals surface area contributed by atoms with Crippen molar-refractivity contribution in [3.63, 3.8) is 0 Å². The first-order valence-corrected chi connectivity index (χ1v) is 8.45. The number of nitrogens with zero attached hydrogens (tertiary/aromatic N) is 2. The molecule has 0 saturated heterocycles. The molecular weight excluding hydrogens is 310 g/mol. The summed E-state index contributed by atoms with van der Waals surface area (Å²) in [5.74, 6) is 0.996. The van der Waals surface area contributed by atoms with Crippen LogP contribution in [-0.4, -0.2) is 15.5 Å². The molecule has 128 valence electrons. The Balaban J connectivity index is 1.58. The third-order valence-electron chi connectivity index (χ3n) is 4.38. The van der Waals surface area contributed by atoms with Crippen LogP contribution in [0.3, 0.4) is 0 Å². The van der Waals surface area contributed by atoms with Gasteiger partial charge in [0.2, 0.25) is 5.91 Å². The summed E-state index contributed by atoms with van der Waals surface area (Å²) in [5, 5.41) is 3.00. The summed E-state index contributed by atoms with van der Waals surface area (Å²) in [6.07, 6.45) is 4.14. The Labute approximate surface area is 148 Å². The van der Waals surface area contributed by atoms with Crippen LogP contribution in [0, 0.1) is 20.8 Å². The Morgan fingerprint density at radius 1 is 1.08 bits per heavy atom. The van der Waals surface area contributed by atoms with Crippen molar-refractivity contribution in [2.75, 3.05) is 0 Å². The van der Waals surface area contributed by atoms with Gasteiger partial charge in [0.05, 0.1) is 6.42 Å². The van der Waals surface area contributed by atoms with Crippen molar-refractivity contribution in [2.24, 2.45) is 0 Å². The molecule has 3 aromatic rings. The number of aromatic nitrogens is 2. The molecule has 3 rings (SSSR count). The number of imidazole rings is 1. The minimum atomic E-state index is 0.0430. The number of amides is 1. The van der Waals surface area contributed by atoms with Crippen LogP contribution in [0.4, 0.5) is 0 Å². The van der Waals surface area contributed by atoms with Crippen LogP contribution in [-0.2, 0) is 17.8 Å². The Hall–Kier alpha value is -2.88. The van der Waals surface area contributed by atoms with E-state index < -0.39 is 0 Å². The molecule has 0 bridgehead atoms. The van der Waals surface area contributed by atoms with Gasteiger partial charge in [0.15, 0.2) is 0 Å². The summed E-state index contributed by atoms with van der Waals surface area (Å²) in [6, 6.07) is 14.3. The minimum Gasteiger partial charge on any atom is -0.352 e. The molecule has 2 aromatic carbocycles. The lowest BCUT2D eigenvalue weighted by atomic mass is 10.0. The van der Waals surface area contributed by atoms with Gasteiger partial charge in [0.25, 0.3) is 0 Å². The van der Waals surface area contributed by atoms with Gasteiger partial charge in [-0.2, -0.15) is 0 Å². The molecule has 0 spiro atoms. The van der Waals surface area contributed by atoms with Crippen LogP contribution in [0.15, 0.2) is 54.9 Å². The van der Waals surface area contributed by atoms with Crippen LogP contribution < -0.4 is 5.32 Å². The molecule has 4 nitrogen and oxygen atoms in total. The topological polar surface area (TPSA) is 46.9 Å². The van der Waals surface area contributed by atoms with Crippen molar-refractivity contribution in [3.05, 3.63) is 82.9 Å². The van der Waals surface area contributed by atoms with Crippen molar-refractivity contribution in [3.8, 4) is 5.69 Å². The van der Waals surface area contributed by atoms with E-state index in [1.165, 1.54) is 5.56 Å². The summed E-state index contributed by atoms with van der Waals surface area (Å²) in [6.45, 7) is 6.62. The Morgan fingerprint density at radius 2 is 1.84 bits per heavy atom. The largest absolute Gasteiger partial charge is 0.352 e. The number of aryl methyl sites for hydroxylation is 3. The molecular formula is C21H23N3O. The van der Waals surface area contributed by atoms with E-state index in [2.05, 4.69) is 23.3 Å². The van der Waals surface area contributed by atoms with E-state index in [-0.39, 0.29) is 5.91 Å². The maximum Gasteiger partial charge on any atom is 0.224 e. The fraction of sp³-hybridized carbons (Fsp3) is 0.238. The predicted molar refractivity (Wildman–Crippen MR) is 99.8 cm³/mol. The lowest BCUT2D eigenvalue weighted by molar-refractivity contribution is -0.120. The van der Waals surface area contributed by atoms with Gasteiger partial charge in [-0.3, -0.25) is 4.79 Å². The number of nitrogens with one attached hydrogen (secondary N) is 1. The standard InChI is InChI=1S/C21H23N3O/c1-15-4-7-19(16(2)12-15)13-21(25)23-14-18-5-8-20(9-6-18)24-11-10-22-17(24)3/h4-12H,13-14H2,1-3H3,(H,23,25). The summed E-state index contributed by atoms with van der Waals surface area (Å²) < 4.78 is 2.03. The van der Waals surface area contributed by atoms with Crippen molar-refractivity contribution >= 4 is 5.91 Å². The second-order valence-corrected chi connectivity index (χ2v) is 6.39. The molecule has 1 N–H and O–H groups in total. The quantitative estimate of drug-likeness (QED) is 0.774. The third-order valence-corrected chi connectivity index (χ3v) is 4.38. The Bertz CT molecular complexity index is 878. The second-order valence-electron chi connectivity index (χ2n) is 6.39. The Kier molecular flexibility index (Phi) is 4.98. The fourth-order valence-electron chi connectivity index (χ4n) is 2.91. The predicted octanol–water partition coefficient (Wildman–Crippen LogP) is 3.66. The maximum atomic E-state index is 12.2. The van der Waals surface area contributed by atoms with Gasteiger partial charge in [-0.05, 0) is 49.6 Å². The SMILES string of the molecule is Cc1ccc(CC(=O)NCc2ccc(-n3ccnc3C)cc2)c(C)c1. The molecule has 0 aliphatic carbocycles. The molecule has 4 heteroatoms. The number of hydrogen-bond donors (Lipinski definition) is 1. The van der Waals surface area contributed by atoms with Crippen molar-refractivity contribution < 1.29 is 4.79 Å². The van der Waals surface area contributed by atoms with Gasteiger partial charge < -0.3 is 9.88 Å². The normalized spacial score (nSPS) is 10.7. The van der Waals surface area contributed by atoms with Gasteiger partial charge in [0.1, 0.15) is 5.82 Å². The zero-order valence-corrected chi connectivity index (χ0v) is 14.9. The highest BCUT2D eigenvalue weighted by Gasteiger charge is 2.06. The van der Waals surface area contributed by atoms with Crippen molar-refractivity contribution in [1.82, 2.24) is 14.9 Å². The second kappa shape index (κ2) is 7.34. The maximum absolute atomic E-state index is 12.2. The number of carbonyl (C=O) groups is 1. The Morgan fingerprint density at radius 3 is 2.48 bits per heavy atom. The first-order chi connectivity index (χ1) is 12.0. The highest BCUT2D eigenvalue weighted by atomic mass is 16.1. The molecule has 0 aliphatic rings. The van der Waals surface area contributed by atoms with Crippen molar-refractivity contribution in [1.29, 1.82) is 0 Å². The molecule has 0 fully saturated rings. The molecule has 0 saturated carbocycles. The monoisotopic (exact) mass is 333 g/mol. The zero-order valence-electron chi connectivity index (χ0n) is 14.9. The number of hydrogen-bond acceptors (Lipinski definition) is 2. The smallest absolute Gasteiger partial charge is 0.224 e. The first kappa shape index (κ1) is 17.0. The van der Waals surface area contributed by atoms with Gasteiger partial charge in [-0.15, -0.1) is 0 Å². The average molecular weight is 333 g/mol. The number of benzene rings is 2. The lowest BCUT2D eigenvalue weighted by Gasteiger charge is -2.09. The molecule has 0 radical (unpaired) electrons. The molecule has 1 amide bonds. The van der Waals surface area contributed by atoms with E-state index in [9.17, 15) is 4.79 Å². The molecule has 1 heterocycles. The summed E-state index contributed by atoms with van der Waals surface area (Å²) in [4.78, 5) is 16.4. The summed E-state index contributed by atoms with van der Waals surface area (Å²) in [7, 11) is 0. The van der Waals surface area contributed by atoms with E-state index in [4.69, 9.17) is 0 Å². The molecule has 0 atom stereocenters. The third kappa shape index (κ3) is 4.15. The van der Waals surface area contributed by atoms with Crippen LogP contribution in [0.5, 0.6) is 0 Å². The summed E-state index contributed by atoms with van der Waals surface area (Å²) >= 11 is 0. The van der Waals surface area contributed by atoms with Gasteiger partial charge in [-0.1, -0.05) is 35.9 Å². The van der Waals surface area contributed by atoms with Crippen LogP contribution in [0.2, 0.25) is 0 Å². The van der Waals surface area contributed by atoms with Crippen LogP contribution in [0.1, 0.15) is 28.1 Å². The molecule has 25 heavy (non-hydrogen) atoms. The van der Waals surface area contributed by atoms with E-state index >= 15 is 0 Å². The van der Waals surface area contributed by atoms with Crippen LogP contribution >= 0.6 is 0 Å².